The Morgan fingerprint density at radius 1 is 1.19 bits per heavy atom. The number of benzene rings is 2. The summed E-state index contributed by atoms with van der Waals surface area (Å²) in [6, 6.07) is 15.1. The van der Waals surface area contributed by atoms with Crippen LogP contribution in [-0.2, 0) is 0 Å². The Morgan fingerprint density at radius 2 is 2.00 bits per heavy atom. The minimum absolute atomic E-state index is 0.151. The first-order chi connectivity index (χ1) is 10.2. The van der Waals surface area contributed by atoms with Crippen LogP contribution in [0.1, 0.15) is 47.9 Å². The van der Waals surface area contributed by atoms with E-state index >= 15 is 0 Å². The largest absolute Gasteiger partial charge is 0.309 e. The average molecular weight is 365 g/mol. The summed E-state index contributed by atoms with van der Waals surface area (Å²) >= 11 is 9.81. The van der Waals surface area contributed by atoms with E-state index < -0.39 is 0 Å². The smallest absolute Gasteiger partial charge is 0.0586 e. The summed E-state index contributed by atoms with van der Waals surface area (Å²) in [4.78, 5) is 0. The fraction of sp³-hybridized carbons (Fsp3) is 0.333. The molecule has 21 heavy (non-hydrogen) atoms. The van der Waals surface area contributed by atoms with Crippen LogP contribution in [0.3, 0.4) is 0 Å². The standard InChI is InChI=1S/C18H19BrClN/c1-21-18(16-11-15(20)8-9-17(16)19)14-7-3-6-13(10-14)12-4-2-5-12/h3,6-12,18,21H,2,4-5H2,1H3. The molecule has 0 aliphatic heterocycles. The lowest BCUT2D eigenvalue weighted by Crippen LogP contribution is -2.19. The normalized spacial score (nSPS) is 16.5. The Kier molecular flexibility index (Phi) is 4.68. The summed E-state index contributed by atoms with van der Waals surface area (Å²) in [5.41, 5.74) is 3.94. The summed E-state index contributed by atoms with van der Waals surface area (Å²) < 4.78 is 1.08. The molecule has 1 unspecified atom stereocenters. The van der Waals surface area contributed by atoms with Crippen molar-refractivity contribution in [2.24, 2.45) is 0 Å². The van der Waals surface area contributed by atoms with Gasteiger partial charge in [0.05, 0.1) is 6.04 Å². The summed E-state index contributed by atoms with van der Waals surface area (Å²) in [5.74, 6) is 0.755. The van der Waals surface area contributed by atoms with Crippen molar-refractivity contribution in [1.29, 1.82) is 0 Å². The van der Waals surface area contributed by atoms with Gasteiger partial charge in [0.1, 0.15) is 0 Å². The third-order valence-electron chi connectivity index (χ3n) is 4.38. The van der Waals surface area contributed by atoms with Crippen LogP contribution < -0.4 is 5.32 Å². The molecule has 1 saturated carbocycles. The highest BCUT2D eigenvalue weighted by Gasteiger charge is 2.21. The molecule has 0 radical (unpaired) electrons. The predicted molar refractivity (Wildman–Crippen MR) is 93.1 cm³/mol. The highest BCUT2D eigenvalue weighted by Crippen LogP contribution is 2.38. The van der Waals surface area contributed by atoms with E-state index in [-0.39, 0.29) is 6.04 Å². The number of halogens is 2. The van der Waals surface area contributed by atoms with E-state index in [4.69, 9.17) is 11.6 Å². The predicted octanol–water partition coefficient (Wildman–Crippen LogP) is 5.68. The highest BCUT2D eigenvalue weighted by molar-refractivity contribution is 9.10. The number of hydrogen-bond acceptors (Lipinski definition) is 1. The fourth-order valence-electron chi connectivity index (χ4n) is 2.97. The van der Waals surface area contributed by atoms with Gasteiger partial charge >= 0.3 is 0 Å². The third kappa shape index (κ3) is 3.18. The number of rotatable bonds is 4. The Hall–Kier alpha value is -0.830. The highest BCUT2D eigenvalue weighted by atomic mass is 79.9. The van der Waals surface area contributed by atoms with Crippen molar-refractivity contribution in [3.63, 3.8) is 0 Å². The Labute approximate surface area is 139 Å². The van der Waals surface area contributed by atoms with Crippen molar-refractivity contribution < 1.29 is 0 Å². The van der Waals surface area contributed by atoms with Crippen molar-refractivity contribution in [3.8, 4) is 0 Å². The van der Waals surface area contributed by atoms with E-state index in [0.29, 0.717) is 0 Å². The molecule has 1 atom stereocenters. The van der Waals surface area contributed by atoms with Gasteiger partial charge in [0.2, 0.25) is 0 Å². The minimum atomic E-state index is 0.151. The van der Waals surface area contributed by atoms with Gasteiger partial charge in [0.15, 0.2) is 0 Å². The lowest BCUT2D eigenvalue weighted by molar-refractivity contribution is 0.419. The van der Waals surface area contributed by atoms with Crippen LogP contribution in [0.2, 0.25) is 5.02 Å². The third-order valence-corrected chi connectivity index (χ3v) is 5.34. The van der Waals surface area contributed by atoms with Gasteiger partial charge in [-0.25, -0.2) is 0 Å². The van der Waals surface area contributed by atoms with E-state index in [2.05, 4.69) is 45.5 Å². The molecule has 1 aliphatic rings. The van der Waals surface area contributed by atoms with E-state index in [1.165, 1.54) is 36.0 Å². The molecule has 0 spiro atoms. The molecule has 0 bridgehead atoms. The van der Waals surface area contributed by atoms with Crippen molar-refractivity contribution in [1.82, 2.24) is 5.32 Å². The van der Waals surface area contributed by atoms with E-state index in [0.717, 1.165) is 15.4 Å². The minimum Gasteiger partial charge on any atom is -0.309 e. The molecular formula is C18H19BrClN. The van der Waals surface area contributed by atoms with Gasteiger partial charge < -0.3 is 5.32 Å². The molecule has 3 heteroatoms. The lowest BCUT2D eigenvalue weighted by Gasteiger charge is -2.27. The van der Waals surface area contributed by atoms with E-state index in [9.17, 15) is 0 Å². The molecule has 1 N–H and O–H groups in total. The Bertz CT molecular complexity index is 637. The zero-order chi connectivity index (χ0) is 14.8. The SMILES string of the molecule is CNC(c1cccc(C2CCC2)c1)c1cc(Cl)ccc1Br. The number of nitrogens with one attached hydrogen (secondary N) is 1. The lowest BCUT2D eigenvalue weighted by atomic mass is 9.79. The fourth-order valence-corrected chi connectivity index (χ4v) is 3.63. The van der Waals surface area contributed by atoms with Crippen LogP contribution in [0.25, 0.3) is 0 Å². The molecule has 0 saturated heterocycles. The summed E-state index contributed by atoms with van der Waals surface area (Å²) in [5, 5.41) is 4.18. The van der Waals surface area contributed by atoms with Gasteiger partial charge in [-0.15, -0.1) is 0 Å². The van der Waals surface area contributed by atoms with Crippen LogP contribution >= 0.6 is 27.5 Å². The van der Waals surface area contributed by atoms with E-state index in [1.807, 2.05) is 25.2 Å². The molecule has 2 aromatic carbocycles. The molecule has 0 amide bonds. The van der Waals surface area contributed by atoms with Crippen molar-refractivity contribution in [2.75, 3.05) is 7.05 Å². The molecule has 1 nitrogen and oxygen atoms in total. The molecule has 110 valence electrons. The molecule has 2 aromatic rings. The summed E-state index contributed by atoms with van der Waals surface area (Å²) in [7, 11) is 1.99. The zero-order valence-electron chi connectivity index (χ0n) is 12.1. The average Bonchev–Trinajstić information content (AvgIpc) is 2.42. The van der Waals surface area contributed by atoms with Gasteiger partial charge in [-0.2, -0.15) is 0 Å². The van der Waals surface area contributed by atoms with Crippen LogP contribution in [0.5, 0.6) is 0 Å². The first-order valence-electron chi connectivity index (χ1n) is 7.41. The Morgan fingerprint density at radius 3 is 2.67 bits per heavy atom. The maximum absolute atomic E-state index is 6.17. The van der Waals surface area contributed by atoms with Gasteiger partial charge in [-0.1, -0.05) is 58.2 Å². The van der Waals surface area contributed by atoms with Crippen LogP contribution in [0.4, 0.5) is 0 Å². The molecule has 0 aromatic heterocycles. The second-order valence-corrected chi connectivity index (χ2v) is 6.98. The van der Waals surface area contributed by atoms with Crippen LogP contribution in [-0.4, -0.2) is 7.05 Å². The molecular weight excluding hydrogens is 346 g/mol. The maximum Gasteiger partial charge on any atom is 0.0586 e. The summed E-state index contributed by atoms with van der Waals surface area (Å²) in [6.07, 6.45) is 4.02. The molecule has 0 heterocycles. The van der Waals surface area contributed by atoms with Crippen molar-refractivity contribution >= 4 is 27.5 Å². The van der Waals surface area contributed by atoms with Crippen LogP contribution in [0.15, 0.2) is 46.9 Å². The second-order valence-electron chi connectivity index (χ2n) is 5.69. The second kappa shape index (κ2) is 6.51. The summed E-state index contributed by atoms with van der Waals surface area (Å²) in [6.45, 7) is 0. The van der Waals surface area contributed by atoms with Gasteiger partial charge in [0, 0.05) is 9.50 Å². The van der Waals surface area contributed by atoms with E-state index in [1.54, 1.807) is 0 Å². The quantitative estimate of drug-likeness (QED) is 0.736. The van der Waals surface area contributed by atoms with Crippen molar-refractivity contribution in [3.05, 3.63) is 68.7 Å². The topological polar surface area (TPSA) is 12.0 Å². The monoisotopic (exact) mass is 363 g/mol. The maximum atomic E-state index is 6.17. The van der Waals surface area contributed by atoms with Gasteiger partial charge in [0.25, 0.3) is 0 Å². The Balaban J connectivity index is 1.97. The van der Waals surface area contributed by atoms with Crippen molar-refractivity contribution in [2.45, 2.75) is 31.2 Å². The van der Waals surface area contributed by atoms with Crippen LogP contribution in [0, 0.1) is 0 Å². The first-order valence-corrected chi connectivity index (χ1v) is 8.58. The molecule has 1 fully saturated rings. The zero-order valence-corrected chi connectivity index (χ0v) is 14.4. The molecule has 3 rings (SSSR count). The van der Waals surface area contributed by atoms with Gasteiger partial charge in [-0.3, -0.25) is 0 Å². The molecule has 1 aliphatic carbocycles. The number of hydrogen-bond donors (Lipinski definition) is 1. The first kappa shape index (κ1) is 15.1. The van der Waals surface area contributed by atoms with Gasteiger partial charge in [-0.05, 0) is 60.7 Å².